The van der Waals surface area contributed by atoms with Crippen molar-refractivity contribution in [1.82, 2.24) is 5.32 Å². The summed E-state index contributed by atoms with van der Waals surface area (Å²) in [5.41, 5.74) is 0. The molecule has 3 nitrogen and oxygen atoms in total. The molecule has 0 saturated heterocycles. The molecule has 1 rings (SSSR count). The second-order valence-corrected chi connectivity index (χ2v) is 5.14. The summed E-state index contributed by atoms with van der Waals surface area (Å²) >= 11 is 1.11. The number of hydrogen-bond acceptors (Lipinski definition) is 2. The summed E-state index contributed by atoms with van der Waals surface area (Å²) in [7, 11) is 0. The Hall–Kier alpha value is -0.0117. The van der Waals surface area contributed by atoms with Crippen LogP contribution in [0.15, 0.2) is 0 Å². The molecule has 4 heteroatoms. The summed E-state index contributed by atoms with van der Waals surface area (Å²) in [4.78, 5) is 11.2. The third-order valence-corrected chi connectivity index (χ3v) is 3.00. The van der Waals surface area contributed by atoms with Crippen LogP contribution in [0.3, 0.4) is 0 Å². The molecule has 0 heterocycles. The third-order valence-electron chi connectivity index (χ3n) is 2.26. The molecule has 0 aromatic rings. The van der Waals surface area contributed by atoms with E-state index in [1.165, 1.54) is 6.42 Å². The summed E-state index contributed by atoms with van der Waals surface area (Å²) < 4.78 is 0.497. The molecule has 0 spiro atoms. The number of carbonyl (C=O) groups is 1. The number of aliphatic hydroxyl groups excluding tert-OH is 1. The molecule has 0 aromatic carbocycles. The average molecular weight is 353 g/mol. The number of hydrogen-bond donors (Lipinski definition) is 2. The zero-order chi connectivity index (χ0) is 9.68. The van der Waals surface area contributed by atoms with Crippen LogP contribution in [0.5, 0.6) is 0 Å². The maximum atomic E-state index is 11.2. The Kier molecular flexibility index (Phi) is 4.82. The van der Waals surface area contributed by atoms with Gasteiger partial charge in [0.1, 0.15) is 0 Å². The van der Waals surface area contributed by atoms with Crippen molar-refractivity contribution < 1.29 is 29.3 Å². The number of amides is 1. The second kappa shape index (κ2) is 5.66. The molecule has 0 aromatic heterocycles. The first-order valence-corrected chi connectivity index (χ1v) is 6.16. The van der Waals surface area contributed by atoms with Crippen LogP contribution in [0.1, 0.15) is 38.5 Å². The van der Waals surface area contributed by atoms with Crippen molar-refractivity contribution in [2.45, 2.75) is 44.6 Å². The Labute approximate surface area is 89.3 Å². The van der Waals surface area contributed by atoms with Crippen LogP contribution in [0.4, 0.5) is 0 Å². The maximum absolute atomic E-state index is 11.2. The minimum atomic E-state index is 0.140. The van der Waals surface area contributed by atoms with Gasteiger partial charge in [-0.2, -0.15) is 0 Å². The van der Waals surface area contributed by atoms with Crippen LogP contribution >= 0.6 is 0 Å². The Morgan fingerprint density at radius 2 is 2.15 bits per heavy atom. The molecule has 1 aliphatic carbocycles. The van der Waals surface area contributed by atoms with Gasteiger partial charge in [0.05, 0.1) is 0 Å². The molecule has 1 aliphatic rings. The molecular formula is C9H15NO2W. The first-order chi connectivity index (χ1) is 6.18. The van der Waals surface area contributed by atoms with Gasteiger partial charge in [0.2, 0.25) is 0 Å². The molecule has 0 bridgehead atoms. The molecule has 1 amide bonds. The second-order valence-electron chi connectivity index (χ2n) is 3.44. The van der Waals surface area contributed by atoms with Gasteiger partial charge in [-0.3, -0.25) is 0 Å². The van der Waals surface area contributed by atoms with E-state index in [0.717, 1.165) is 38.6 Å². The zero-order valence-corrected chi connectivity index (χ0v) is 10.5. The van der Waals surface area contributed by atoms with Crippen molar-refractivity contribution in [3.05, 3.63) is 0 Å². The molecular weight excluding hydrogens is 338 g/mol. The molecule has 1 saturated carbocycles. The van der Waals surface area contributed by atoms with Gasteiger partial charge >= 0.3 is 89.1 Å². The summed E-state index contributed by atoms with van der Waals surface area (Å²) in [5, 5.41) is 11.9. The van der Waals surface area contributed by atoms with Crippen molar-refractivity contribution in [3.63, 3.8) is 0 Å². The van der Waals surface area contributed by atoms with Gasteiger partial charge in [0.25, 0.3) is 0 Å². The Morgan fingerprint density at radius 3 is 2.62 bits per heavy atom. The summed E-state index contributed by atoms with van der Waals surface area (Å²) in [6.45, 7) is 0. The van der Waals surface area contributed by atoms with E-state index in [0.29, 0.717) is 23.0 Å². The molecule has 1 fully saturated rings. The van der Waals surface area contributed by atoms with Crippen molar-refractivity contribution in [2.24, 2.45) is 0 Å². The van der Waals surface area contributed by atoms with E-state index in [1.54, 1.807) is 0 Å². The standard InChI is InChI=1S/C9H15NO2.W/c11-7-2-1-6-9(12)10-8-4-3-5-8;/h8,11H,1-6H2,(H,10,12);. The van der Waals surface area contributed by atoms with Gasteiger partial charge in [-0.25, -0.2) is 0 Å². The molecule has 0 atom stereocenters. The van der Waals surface area contributed by atoms with Gasteiger partial charge in [0.15, 0.2) is 0 Å². The topological polar surface area (TPSA) is 49.3 Å². The normalized spacial score (nSPS) is 16.4. The van der Waals surface area contributed by atoms with E-state index in [1.807, 2.05) is 0 Å². The SMILES string of the molecule is O=C(CCC[C](O)=[W])NC1CCC1. The number of rotatable bonds is 5. The summed E-state index contributed by atoms with van der Waals surface area (Å²) in [5.74, 6) is 0.140. The third kappa shape index (κ3) is 4.68. The predicted octanol–water partition coefficient (Wildman–Crippen LogP) is 0.875. The van der Waals surface area contributed by atoms with E-state index in [9.17, 15) is 4.79 Å². The van der Waals surface area contributed by atoms with Crippen molar-refractivity contribution >= 4 is 9.99 Å². The van der Waals surface area contributed by atoms with Crippen molar-refractivity contribution in [3.8, 4) is 0 Å². The van der Waals surface area contributed by atoms with E-state index >= 15 is 0 Å². The first kappa shape index (κ1) is 11.1. The van der Waals surface area contributed by atoms with Crippen molar-refractivity contribution in [1.29, 1.82) is 0 Å². The van der Waals surface area contributed by atoms with Crippen LogP contribution in [0, 0.1) is 0 Å². The Morgan fingerprint density at radius 1 is 1.46 bits per heavy atom. The fraction of sp³-hybridized carbons (Fsp3) is 0.778. The fourth-order valence-corrected chi connectivity index (χ4v) is 1.77. The van der Waals surface area contributed by atoms with Gasteiger partial charge in [0, 0.05) is 0 Å². The molecule has 2 N–H and O–H groups in total. The van der Waals surface area contributed by atoms with Gasteiger partial charge in [-0.15, -0.1) is 0 Å². The summed E-state index contributed by atoms with van der Waals surface area (Å²) in [6, 6.07) is 0.442. The van der Waals surface area contributed by atoms with E-state index in [-0.39, 0.29) is 5.91 Å². The number of nitrogens with one attached hydrogen (secondary N) is 1. The van der Waals surface area contributed by atoms with Crippen LogP contribution in [0.2, 0.25) is 0 Å². The number of aliphatic hydroxyl groups is 1. The van der Waals surface area contributed by atoms with Gasteiger partial charge < -0.3 is 0 Å². The van der Waals surface area contributed by atoms with Crippen LogP contribution in [0.25, 0.3) is 0 Å². The molecule has 0 radical (unpaired) electrons. The van der Waals surface area contributed by atoms with Crippen LogP contribution in [-0.2, 0) is 24.1 Å². The monoisotopic (exact) mass is 353 g/mol. The van der Waals surface area contributed by atoms with Gasteiger partial charge in [-0.05, 0) is 0 Å². The molecule has 13 heavy (non-hydrogen) atoms. The molecule has 0 aliphatic heterocycles. The van der Waals surface area contributed by atoms with Crippen LogP contribution < -0.4 is 5.32 Å². The van der Waals surface area contributed by atoms with Crippen molar-refractivity contribution in [2.75, 3.05) is 0 Å². The number of carbonyl (C=O) groups excluding carboxylic acids is 1. The molecule has 74 valence electrons. The van der Waals surface area contributed by atoms with E-state index in [4.69, 9.17) is 5.11 Å². The van der Waals surface area contributed by atoms with E-state index < -0.39 is 0 Å². The van der Waals surface area contributed by atoms with E-state index in [2.05, 4.69) is 5.32 Å². The van der Waals surface area contributed by atoms with Crippen LogP contribution in [-0.4, -0.2) is 21.1 Å². The first-order valence-electron chi connectivity index (χ1n) is 4.69. The predicted molar refractivity (Wildman–Crippen MR) is 46.6 cm³/mol. The quantitative estimate of drug-likeness (QED) is 0.771. The summed E-state index contributed by atoms with van der Waals surface area (Å²) in [6.07, 6.45) is 5.52. The Balaban J connectivity index is 2.00. The zero-order valence-electron chi connectivity index (χ0n) is 7.58. The van der Waals surface area contributed by atoms with Gasteiger partial charge in [-0.1, -0.05) is 0 Å². The fourth-order valence-electron chi connectivity index (χ4n) is 1.25. The average Bonchev–Trinajstić information content (AvgIpc) is 1.96. The Bertz CT molecular complexity index is 202. The molecule has 0 unspecified atom stereocenters. The minimum absolute atomic E-state index is 0.140.